The SMILES string of the molecule is COCC(C)OCCC[Si](C)(C)O[Si](C)(C)O[Si](C)(C)CCCOCCOC(=O)Nc1ccc(Cc2ccc(OC#N)cc2)cc1. The summed E-state index contributed by atoms with van der Waals surface area (Å²) in [6.07, 6.45) is 3.85. The van der Waals surface area contributed by atoms with Crippen molar-refractivity contribution in [2.45, 2.75) is 83.7 Å². The van der Waals surface area contributed by atoms with Crippen LogP contribution in [0.4, 0.5) is 10.5 Å². The summed E-state index contributed by atoms with van der Waals surface area (Å²) < 4.78 is 40.1. The fourth-order valence-corrected chi connectivity index (χ4v) is 19.2. The minimum absolute atomic E-state index is 0.109. The highest BCUT2D eigenvalue weighted by atomic mass is 28.5. The number of carbonyl (C=O) groups excluding carboxylic acids is 1. The average molecular weight is 691 g/mol. The number of methoxy groups -OCH3 is 1. The zero-order chi connectivity index (χ0) is 34.1. The number of ether oxygens (including phenoxy) is 5. The molecule has 0 fully saturated rings. The highest BCUT2D eigenvalue weighted by Gasteiger charge is 2.39. The van der Waals surface area contributed by atoms with Gasteiger partial charge in [-0.15, -0.1) is 5.26 Å². The standard InChI is InChI=1S/C33H54N2O8Si3/c1-28(26-37-2)39-20-10-24-45(5,6)43-46(7,8)42-44(3,4)23-9-19-38-21-22-40-33(36)35-31-15-11-29(12-16-31)25-30-13-17-32(18-14-30)41-27-34/h11-18,28H,9-10,19-26H2,1-8H3,(H,35,36). The second-order valence-corrected chi connectivity index (χ2v) is 25.5. The van der Waals surface area contributed by atoms with Crippen LogP contribution in [0.5, 0.6) is 5.75 Å². The molecule has 13 heteroatoms. The summed E-state index contributed by atoms with van der Waals surface area (Å²) in [7, 11) is -4.39. The Morgan fingerprint density at radius 1 is 0.826 bits per heavy atom. The van der Waals surface area contributed by atoms with Crippen LogP contribution in [0.1, 0.15) is 30.9 Å². The van der Waals surface area contributed by atoms with Gasteiger partial charge >= 0.3 is 14.7 Å². The number of nitrogens with zero attached hydrogens (tertiary/aromatic N) is 1. The molecule has 0 spiro atoms. The van der Waals surface area contributed by atoms with E-state index in [2.05, 4.69) is 44.6 Å². The van der Waals surface area contributed by atoms with Crippen molar-refractivity contribution in [3.8, 4) is 12.0 Å². The topological polar surface area (TPSA) is 118 Å². The van der Waals surface area contributed by atoms with Gasteiger partial charge in [0.2, 0.25) is 0 Å². The lowest BCUT2D eigenvalue weighted by Gasteiger charge is -2.38. The molecule has 0 saturated carbocycles. The van der Waals surface area contributed by atoms with Crippen LogP contribution in [0.2, 0.25) is 51.4 Å². The van der Waals surface area contributed by atoms with Crippen molar-refractivity contribution in [1.82, 2.24) is 0 Å². The highest BCUT2D eigenvalue weighted by molar-refractivity contribution is 6.87. The molecule has 1 N–H and O–H groups in total. The lowest BCUT2D eigenvalue weighted by atomic mass is 10.0. The highest BCUT2D eigenvalue weighted by Crippen LogP contribution is 2.26. The van der Waals surface area contributed by atoms with E-state index in [4.69, 9.17) is 37.2 Å². The maximum absolute atomic E-state index is 12.2. The third kappa shape index (κ3) is 17.4. The maximum atomic E-state index is 12.2. The molecule has 1 unspecified atom stereocenters. The van der Waals surface area contributed by atoms with Crippen LogP contribution in [0.3, 0.4) is 0 Å². The van der Waals surface area contributed by atoms with Crippen LogP contribution in [-0.4, -0.2) is 77.5 Å². The number of hydrogen-bond acceptors (Lipinski definition) is 9. The molecule has 0 aliphatic heterocycles. The molecule has 2 rings (SSSR count). The zero-order valence-electron chi connectivity index (χ0n) is 29.0. The predicted octanol–water partition coefficient (Wildman–Crippen LogP) is 7.68. The maximum Gasteiger partial charge on any atom is 0.411 e. The van der Waals surface area contributed by atoms with Crippen molar-refractivity contribution in [1.29, 1.82) is 5.26 Å². The fraction of sp³-hybridized carbons (Fsp3) is 0.576. The minimum atomic E-state index is -2.28. The molecule has 2 aromatic rings. The van der Waals surface area contributed by atoms with E-state index in [1.165, 1.54) is 0 Å². The molecule has 0 heterocycles. The Morgan fingerprint density at radius 2 is 1.39 bits per heavy atom. The van der Waals surface area contributed by atoms with E-state index in [0.717, 1.165) is 49.1 Å². The van der Waals surface area contributed by atoms with E-state index >= 15 is 0 Å². The van der Waals surface area contributed by atoms with Gasteiger partial charge in [0.1, 0.15) is 12.4 Å². The molecule has 0 aromatic heterocycles. The van der Waals surface area contributed by atoms with E-state index in [-0.39, 0.29) is 12.7 Å². The van der Waals surface area contributed by atoms with Crippen LogP contribution in [0.25, 0.3) is 0 Å². The summed E-state index contributed by atoms with van der Waals surface area (Å²) in [4.78, 5) is 12.2. The van der Waals surface area contributed by atoms with Gasteiger partial charge in [0.05, 0.1) is 19.3 Å². The molecule has 46 heavy (non-hydrogen) atoms. The molecular weight excluding hydrogens is 637 g/mol. The number of nitriles is 1. The molecule has 1 amide bonds. The van der Waals surface area contributed by atoms with Gasteiger partial charge in [0.25, 0.3) is 6.26 Å². The smallest absolute Gasteiger partial charge is 0.411 e. The number of nitrogens with one attached hydrogen (secondary N) is 1. The third-order valence-electron chi connectivity index (χ3n) is 6.99. The monoisotopic (exact) mass is 690 g/mol. The summed E-state index contributed by atoms with van der Waals surface area (Å²) >= 11 is 0. The Morgan fingerprint density at radius 3 is 1.96 bits per heavy atom. The van der Waals surface area contributed by atoms with Crippen molar-refractivity contribution in [3.05, 3.63) is 59.7 Å². The summed E-state index contributed by atoms with van der Waals surface area (Å²) in [6, 6.07) is 17.0. The van der Waals surface area contributed by atoms with Gasteiger partial charge in [-0.3, -0.25) is 5.32 Å². The predicted molar refractivity (Wildman–Crippen MR) is 188 cm³/mol. The van der Waals surface area contributed by atoms with Crippen LogP contribution in [0.15, 0.2) is 48.5 Å². The van der Waals surface area contributed by atoms with Crippen molar-refractivity contribution < 1.29 is 36.7 Å². The molecule has 0 radical (unpaired) electrons. The molecule has 10 nitrogen and oxygen atoms in total. The lowest BCUT2D eigenvalue weighted by Crippen LogP contribution is -2.52. The second-order valence-electron chi connectivity index (χ2n) is 13.1. The molecule has 0 aliphatic rings. The van der Waals surface area contributed by atoms with Gasteiger partial charge in [0.15, 0.2) is 16.6 Å². The fourth-order valence-electron chi connectivity index (χ4n) is 5.24. The number of rotatable bonds is 22. The summed E-state index contributed by atoms with van der Waals surface area (Å²) in [6.45, 7) is 17.8. The normalized spacial score (nSPS) is 12.8. The molecule has 0 aliphatic carbocycles. The van der Waals surface area contributed by atoms with E-state index in [9.17, 15) is 4.79 Å². The summed E-state index contributed by atoms with van der Waals surface area (Å²) in [5, 5.41) is 11.3. The van der Waals surface area contributed by atoms with Crippen molar-refractivity contribution in [2.75, 3.05) is 45.5 Å². The van der Waals surface area contributed by atoms with Gasteiger partial charge < -0.3 is 31.9 Å². The molecular formula is C33H54N2O8Si3. The van der Waals surface area contributed by atoms with Gasteiger partial charge in [0, 0.05) is 26.0 Å². The number of carbonyl (C=O) groups is 1. The molecule has 0 saturated heterocycles. The number of hydrogen-bond donors (Lipinski definition) is 1. The van der Waals surface area contributed by atoms with Crippen molar-refractivity contribution in [2.24, 2.45) is 0 Å². The van der Waals surface area contributed by atoms with Gasteiger partial charge in [-0.2, -0.15) is 0 Å². The van der Waals surface area contributed by atoms with E-state index in [1.54, 1.807) is 25.5 Å². The average Bonchev–Trinajstić information content (AvgIpc) is 2.96. The van der Waals surface area contributed by atoms with Gasteiger partial charge in [-0.25, -0.2) is 4.79 Å². The number of anilines is 1. The Balaban J connectivity index is 1.59. The first-order valence-electron chi connectivity index (χ1n) is 16.0. The first-order valence-corrected chi connectivity index (χ1v) is 25.0. The largest absolute Gasteiger partial charge is 0.447 e. The Bertz CT molecular complexity index is 1200. The Kier molecular flexibility index (Phi) is 17.2. The molecule has 1 atom stereocenters. The molecule has 0 bridgehead atoms. The van der Waals surface area contributed by atoms with Crippen LogP contribution < -0.4 is 10.1 Å². The van der Waals surface area contributed by atoms with Crippen LogP contribution in [-0.2, 0) is 33.6 Å². The Labute approximate surface area is 279 Å². The first kappa shape index (κ1) is 39.6. The first-order chi connectivity index (χ1) is 21.7. The summed E-state index contributed by atoms with van der Waals surface area (Å²) in [5.74, 6) is 0.514. The number of amides is 1. The van der Waals surface area contributed by atoms with Gasteiger partial charge in [-0.1, -0.05) is 24.3 Å². The zero-order valence-corrected chi connectivity index (χ0v) is 32.0. The van der Waals surface area contributed by atoms with Crippen molar-refractivity contribution in [3.63, 3.8) is 0 Å². The quantitative estimate of drug-likeness (QED) is 0.0754. The van der Waals surface area contributed by atoms with E-state index in [0.29, 0.717) is 31.3 Å². The number of benzene rings is 2. The lowest BCUT2D eigenvalue weighted by molar-refractivity contribution is 0.00932. The van der Waals surface area contributed by atoms with Crippen molar-refractivity contribution >= 4 is 37.0 Å². The Hall–Kier alpha value is -2.55. The van der Waals surface area contributed by atoms with Crippen LogP contribution >= 0.6 is 0 Å². The molecule has 2 aromatic carbocycles. The third-order valence-corrected chi connectivity index (χ3v) is 18.5. The van der Waals surface area contributed by atoms with Gasteiger partial charge in [-0.05, 0) is 113 Å². The minimum Gasteiger partial charge on any atom is -0.447 e. The second kappa shape index (κ2) is 20.0. The van der Waals surface area contributed by atoms with E-state index < -0.39 is 31.3 Å². The summed E-state index contributed by atoms with van der Waals surface area (Å²) in [5.41, 5.74) is 2.83. The van der Waals surface area contributed by atoms with E-state index in [1.807, 2.05) is 43.3 Å². The molecule has 256 valence electrons. The van der Waals surface area contributed by atoms with Crippen LogP contribution in [0, 0.1) is 11.5 Å².